The van der Waals surface area contributed by atoms with Crippen LogP contribution >= 0.6 is 0 Å². The molecule has 26 heteroatoms. The molecule has 0 aliphatic heterocycles. The Balaban J connectivity index is -0.00000000545. The minimum atomic E-state index is -3.63. The van der Waals surface area contributed by atoms with E-state index in [0.717, 1.165) is 0 Å². The van der Waals surface area contributed by atoms with E-state index in [2.05, 4.69) is 0 Å². The molecule has 0 aromatic heterocycles. The van der Waals surface area contributed by atoms with Crippen LogP contribution in [0.4, 0.5) is 0 Å². The topological polar surface area (TPSA) is 373 Å². The van der Waals surface area contributed by atoms with Gasteiger partial charge in [-0.2, -0.15) is 0 Å². The Morgan fingerprint density at radius 3 is 0.346 bits per heavy atom. The summed E-state index contributed by atoms with van der Waals surface area (Å²) in [4.78, 5) is 68.1. The maximum absolute atomic E-state index is 8.52. The van der Waals surface area contributed by atoms with Crippen molar-refractivity contribution in [3.63, 3.8) is 0 Å². The third-order valence-electron chi connectivity index (χ3n) is 0. The van der Waals surface area contributed by atoms with Crippen LogP contribution in [0.5, 0.6) is 0 Å². The first-order valence-electron chi connectivity index (χ1n) is 2.45. The average molecular weight is 571 g/mol. The van der Waals surface area contributed by atoms with Crippen molar-refractivity contribution in [1.29, 1.82) is 0 Å². The third kappa shape index (κ3) is 962. The molecule has 0 radical (unpaired) electrons. The van der Waals surface area contributed by atoms with Gasteiger partial charge in [-0.1, -0.05) is 0 Å². The molecule has 0 amide bonds. The molecule has 0 spiro atoms. The van der Waals surface area contributed by atoms with E-state index in [9.17, 15) is 0 Å². The van der Waals surface area contributed by atoms with E-state index >= 15 is 0 Å². The first-order valence-corrected chi connectivity index (χ1v) is 7.35. The fourth-order valence-corrected chi connectivity index (χ4v) is 0. The molecule has 16 nitrogen and oxygen atoms in total. The van der Waals surface area contributed by atoms with Crippen LogP contribution in [-0.4, -0.2) is 111 Å². The molecule has 4 N–H and O–H groups in total. The Bertz CT molecular complexity index is 181. The summed E-state index contributed by atoms with van der Waals surface area (Å²) < 4.78 is 34.1. The van der Waals surface area contributed by atoms with Gasteiger partial charge < -0.3 is 78.1 Å². The molecule has 0 heterocycles. The van der Waals surface area contributed by atoms with Gasteiger partial charge in [-0.3, -0.25) is 0 Å². The molecule has 26 heavy (non-hydrogen) atoms. The van der Waals surface area contributed by atoms with E-state index in [0.29, 0.717) is 0 Å². The normalized spacial score (nSPS) is 3.69. The van der Waals surface area contributed by atoms with Gasteiger partial charge in [0.2, 0.25) is 0 Å². The molecule has 0 atom stereocenters. The second kappa shape index (κ2) is 87.6. The predicted octanol–water partition coefficient (Wildman–Crippen LogP) is -22.3. The summed E-state index contributed by atoms with van der Waals surface area (Å²) in [5, 5.41) is 0. The maximum Gasteiger partial charge on any atom is 3.00 e. The number of hydrogen-bond acceptors (Lipinski definition) is 16. The molecule has 0 fully saturated rings. The molecule has 0 aliphatic rings. The Hall–Kier alpha value is 4.81. The van der Waals surface area contributed by atoms with Crippen molar-refractivity contribution in [1.82, 2.24) is 0 Å². The van der Waals surface area contributed by atoms with E-state index in [1.165, 1.54) is 0 Å². The molecular formula is H4Al3K3O16Si4. The first kappa shape index (κ1) is 96.9. The first-order chi connectivity index (χ1) is 6.93. The van der Waals surface area contributed by atoms with Gasteiger partial charge in [0.05, 0.1) is 0 Å². The number of rotatable bonds is 0. The summed E-state index contributed by atoms with van der Waals surface area (Å²) in [5.74, 6) is 0. The summed E-state index contributed by atoms with van der Waals surface area (Å²) in [6.45, 7) is 0. The minimum absolute atomic E-state index is 0. The van der Waals surface area contributed by atoms with Crippen LogP contribution in [0.2, 0.25) is 0 Å². The zero-order valence-corrected chi connectivity index (χ0v) is 30.3. The van der Waals surface area contributed by atoms with Crippen LogP contribution in [0.3, 0.4) is 0 Å². The van der Waals surface area contributed by atoms with Crippen LogP contribution in [0.25, 0.3) is 0 Å². The molecule has 0 aliphatic carbocycles. The molecular weight excluding hydrogens is 567 g/mol. The van der Waals surface area contributed by atoms with Gasteiger partial charge in [-0.05, 0) is 0 Å². The summed E-state index contributed by atoms with van der Waals surface area (Å²) in [7, 11) is -14.5. The van der Waals surface area contributed by atoms with E-state index in [4.69, 9.17) is 56.2 Å². The molecule has 0 aromatic carbocycles. The number of hydrogen-bond donors (Lipinski definition) is 0. The van der Waals surface area contributed by atoms with Crippen LogP contribution in [0.1, 0.15) is 0 Å². The van der Waals surface area contributed by atoms with Gasteiger partial charge in [-0.25, -0.2) is 0 Å². The summed E-state index contributed by atoms with van der Waals surface area (Å²) in [6.07, 6.45) is 0. The average Bonchev–Trinajstić information content (AvgIpc) is 1.76. The van der Waals surface area contributed by atoms with Crippen molar-refractivity contribution in [3.8, 4) is 0 Å². The Kier molecular flexibility index (Phi) is 326. The van der Waals surface area contributed by atoms with E-state index in [1.807, 2.05) is 0 Å². The van der Waals surface area contributed by atoms with Crippen LogP contribution < -0.4 is 193 Å². The monoisotopic (exact) mass is 570 g/mol. The summed E-state index contributed by atoms with van der Waals surface area (Å²) >= 11 is 0. The zero-order valence-electron chi connectivity index (χ0n) is 13.4. The largest absolute Gasteiger partial charge is 3.00 e. The molecule has 0 saturated heterocycles. The molecule has 0 bridgehead atoms. The molecule has 0 unspecified atom stereocenters. The summed E-state index contributed by atoms with van der Waals surface area (Å²) in [5.41, 5.74) is 0. The van der Waals surface area contributed by atoms with Gasteiger partial charge in [0, 0.05) is 36.7 Å². The standard InChI is InChI=1S/3Al.3K.4O3Si.4H2O/c;;;;;;4*1-4(2)3;;;;/h;;;;;;;;;;4*1H2/q3*+3;3*+1;4*-2;;;;/p-4. The van der Waals surface area contributed by atoms with Crippen molar-refractivity contribution in [2.45, 2.75) is 0 Å². The fourth-order valence-electron chi connectivity index (χ4n) is 0. The zero-order chi connectivity index (χ0) is 14.3. The molecule has 0 saturated carbocycles. The van der Waals surface area contributed by atoms with Crippen molar-refractivity contribution >= 4 is 88.8 Å². The van der Waals surface area contributed by atoms with Gasteiger partial charge in [0.25, 0.3) is 0 Å². The molecule has 0 rings (SSSR count). The van der Waals surface area contributed by atoms with Crippen molar-refractivity contribution < 1.29 is 232 Å². The second-order valence-electron chi connectivity index (χ2n) is 1.00. The molecule has 128 valence electrons. The van der Waals surface area contributed by atoms with Crippen molar-refractivity contribution in [2.24, 2.45) is 0 Å². The van der Waals surface area contributed by atoms with E-state index in [1.54, 1.807) is 0 Å². The quantitative estimate of drug-likeness (QED) is 0.244. The second-order valence-corrected chi connectivity index (χ2v) is 3.00. The SMILES string of the molecule is O=[Si]([O-])[O-].O=[Si]([O-])[O-].O=[Si]([O-])[O-].O=[Si]([O-])[O-].[Al+3].[Al+3].[Al+3].[K+].[K+].[K+].[OH-].[OH-].[OH-].[OH-]. The van der Waals surface area contributed by atoms with Gasteiger partial charge in [-0.15, -0.1) is 0 Å². The smallest absolute Gasteiger partial charge is 0.870 e. The Morgan fingerprint density at radius 2 is 0.346 bits per heavy atom. The maximum atomic E-state index is 8.52. The fraction of sp³-hybridized carbons (Fsp3) is 0. The Morgan fingerprint density at radius 1 is 0.346 bits per heavy atom. The van der Waals surface area contributed by atoms with E-state index in [-0.39, 0.29) is 228 Å². The van der Waals surface area contributed by atoms with Crippen LogP contribution in [-0.2, 0) is 17.8 Å². The predicted molar refractivity (Wildman–Crippen MR) is 50.8 cm³/mol. The van der Waals surface area contributed by atoms with Crippen LogP contribution in [0.15, 0.2) is 0 Å². The van der Waals surface area contributed by atoms with Gasteiger partial charge in [0.1, 0.15) is 0 Å². The Labute approximate surface area is 313 Å². The van der Waals surface area contributed by atoms with Crippen molar-refractivity contribution in [2.75, 3.05) is 0 Å². The molecule has 0 aromatic rings. The van der Waals surface area contributed by atoms with Crippen molar-refractivity contribution in [3.05, 3.63) is 0 Å². The van der Waals surface area contributed by atoms with Crippen LogP contribution in [0, 0.1) is 0 Å². The van der Waals surface area contributed by atoms with Gasteiger partial charge in [0.15, 0.2) is 0 Å². The third-order valence-corrected chi connectivity index (χ3v) is 0. The van der Waals surface area contributed by atoms with Gasteiger partial charge >= 0.3 is 206 Å². The summed E-state index contributed by atoms with van der Waals surface area (Å²) in [6, 6.07) is 0. The van der Waals surface area contributed by atoms with E-state index < -0.39 is 36.7 Å². The minimum Gasteiger partial charge on any atom is -0.870 e.